The summed E-state index contributed by atoms with van der Waals surface area (Å²) in [6.07, 6.45) is 3.10. The molecule has 4 nitrogen and oxygen atoms in total. The van der Waals surface area contributed by atoms with Crippen molar-refractivity contribution in [3.8, 4) is 0 Å². The second-order valence-electron chi connectivity index (χ2n) is 7.09. The van der Waals surface area contributed by atoms with Crippen LogP contribution in [0.2, 0.25) is 5.02 Å². The van der Waals surface area contributed by atoms with E-state index >= 15 is 0 Å². The van der Waals surface area contributed by atoms with Crippen molar-refractivity contribution in [1.82, 2.24) is 10.2 Å². The maximum atomic E-state index is 12.6. The lowest BCUT2D eigenvalue weighted by atomic mass is 9.84. The molecule has 1 atom stereocenters. The summed E-state index contributed by atoms with van der Waals surface area (Å²) >= 11 is 6.28. The van der Waals surface area contributed by atoms with E-state index < -0.39 is 0 Å². The molecule has 0 spiro atoms. The van der Waals surface area contributed by atoms with Crippen LogP contribution in [0.4, 0.5) is 5.69 Å². The molecule has 2 aliphatic heterocycles. The molecule has 0 aromatic heterocycles. The second kappa shape index (κ2) is 11.2. The SMILES string of the molecule is CC(CC(=O)N1CCN(c2ccccc2Cl)CC1)C1CCNCC1.Cl.Cl. The third kappa shape index (κ3) is 5.91. The van der Waals surface area contributed by atoms with Gasteiger partial charge in [0.2, 0.25) is 5.91 Å². The fraction of sp³-hybridized carbons (Fsp3) is 0.632. The van der Waals surface area contributed by atoms with E-state index in [2.05, 4.69) is 23.2 Å². The molecule has 1 aromatic rings. The lowest BCUT2D eigenvalue weighted by molar-refractivity contribution is -0.132. The smallest absolute Gasteiger partial charge is 0.222 e. The van der Waals surface area contributed by atoms with Gasteiger partial charge >= 0.3 is 0 Å². The van der Waals surface area contributed by atoms with E-state index in [1.54, 1.807) is 0 Å². The molecule has 0 bridgehead atoms. The van der Waals surface area contributed by atoms with Gasteiger partial charge in [0.25, 0.3) is 0 Å². The quantitative estimate of drug-likeness (QED) is 0.800. The average Bonchev–Trinajstić information content (AvgIpc) is 2.63. The van der Waals surface area contributed by atoms with Crippen LogP contribution in [0.5, 0.6) is 0 Å². The van der Waals surface area contributed by atoms with Gasteiger partial charge in [0.05, 0.1) is 10.7 Å². The van der Waals surface area contributed by atoms with Crippen LogP contribution in [0.15, 0.2) is 24.3 Å². The molecule has 26 heavy (non-hydrogen) atoms. The Morgan fingerprint density at radius 1 is 1.15 bits per heavy atom. The maximum absolute atomic E-state index is 12.6. The Balaban J connectivity index is 0.00000169. The van der Waals surface area contributed by atoms with Crippen molar-refractivity contribution < 1.29 is 4.79 Å². The predicted octanol–water partition coefficient (Wildman–Crippen LogP) is 3.86. The molecule has 1 amide bonds. The molecular weight excluding hydrogens is 393 g/mol. The number of piperazine rings is 1. The summed E-state index contributed by atoms with van der Waals surface area (Å²) < 4.78 is 0. The first-order chi connectivity index (χ1) is 11.6. The van der Waals surface area contributed by atoms with Crippen LogP contribution in [0.3, 0.4) is 0 Å². The minimum Gasteiger partial charge on any atom is -0.367 e. The van der Waals surface area contributed by atoms with Gasteiger partial charge in [0.15, 0.2) is 0 Å². The number of nitrogens with one attached hydrogen (secondary N) is 1. The minimum atomic E-state index is 0. The van der Waals surface area contributed by atoms with Crippen molar-refractivity contribution in [2.24, 2.45) is 11.8 Å². The van der Waals surface area contributed by atoms with E-state index in [0.29, 0.717) is 24.2 Å². The number of piperidine rings is 1. The van der Waals surface area contributed by atoms with Crippen molar-refractivity contribution in [2.45, 2.75) is 26.2 Å². The number of halogens is 3. The van der Waals surface area contributed by atoms with E-state index in [0.717, 1.165) is 50.0 Å². The van der Waals surface area contributed by atoms with Gasteiger partial charge < -0.3 is 15.1 Å². The lowest BCUT2D eigenvalue weighted by Crippen LogP contribution is -2.49. The number of hydrogen-bond acceptors (Lipinski definition) is 3. The molecule has 3 rings (SSSR count). The van der Waals surface area contributed by atoms with Crippen LogP contribution >= 0.6 is 36.4 Å². The minimum absolute atomic E-state index is 0. The first kappa shape index (κ1) is 23.4. The Hall–Kier alpha value is -0.680. The van der Waals surface area contributed by atoms with Crippen molar-refractivity contribution in [1.29, 1.82) is 0 Å². The number of benzene rings is 1. The molecule has 1 N–H and O–H groups in total. The summed E-state index contributed by atoms with van der Waals surface area (Å²) in [6, 6.07) is 7.95. The van der Waals surface area contributed by atoms with Crippen LogP contribution in [0, 0.1) is 11.8 Å². The molecule has 0 radical (unpaired) electrons. The van der Waals surface area contributed by atoms with Crippen molar-refractivity contribution in [2.75, 3.05) is 44.2 Å². The first-order valence-electron chi connectivity index (χ1n) is 9.13. The predicted molar refractivity (Wildman–Crippen MR) is 114 cm³/mol. The molecule has 2 saturated heterocycles. The number of nitrogens with zero attached hydrogens (tertiary/aromatic N) is 2. The highest BCUT2D eigenvalue weighted by molar-refractivity contribution is 6.33. The van der Waals surface area contributed by atoms with E-state index in [9.17, 15) is 4.79 Å². The molecule has 2 aliphatic rings. The van der Waals surface area contributed by atoms with Crippen LogP contribution in [0.1, 0.15) is 26.2 Å². The number of hydrogen-bond donors (Lipinski definition) is 1. The van der Waals surface area contributed by atoms with Gasteiger partial charge in [0.1, 0.15) is 0 Å². The number of para-hydroxylation sites is 1. The van der Waals surface area contributed by atoms with Crippen molar-refractivity contribution in [3.05, 3.63) is 29.3 Å². The first-order valence-corrected chi connectivity index (χ1v) is 9.51. The Kier molecular flexibility index (Phi) is 10.1. The Morgan fingerprint density at radius 3 is 2.38 bits per heavy atom. The highest BCUT2D eigenvalue weighted by Crippen LogP contribution is 2.27. The molecule has 0 saturated carbocycles. The van der Waals surface area contributed by atoms with Crippen LogP contribution in [0.25, 0.3) is 0 Å². The van der Waals surface area contributed by atoms with Gasteiger partial charge in [-0.3, -0.25) is 4.79 Å². The number of amides is 1. The van der Waals surface area contributed by atoms with Gasteiger partial charge in [0, 0.05) is 32.6 Å². The van der Waals surface area contributed by atoms with Gasteiger partial charge in [-0.15, -0.1) is 24.8 Å². The molecule has 7 heteroatoms. The standard InChI is InChI=1S/C19H28ClN3O.2ClH/c1-15(16-6-8-21-9-7-16)14-19(24)23-12-10-22(11-13-23)18-5-3-2-4-17(18)20;;/h2-5,15-16,21H,6-14H2,1H3;2*1H. The van der Waals surface area contributed by atoms with Gasteiger partial charge in [-0.2, -0.15) is 0 Å². The van der Waals surface area contributed by atoms with E-state index in [-0.39, 0.29) is 24.8 Å². The summed E-state index contributed by atoms with van der Waals surface area (Å²) in [7, 11) is 0. The summed E-state index contributed by atoms with van der Waals surface area (Å²) in [6.45, 7) is 7.74. The number of carbonyl (C=O) groups is 1. The van der Waals surface area contributed by atoms with Gasteiger partial charge in [-0.1, -0.05) is 30.7 Å². The number of rotatable bonds is 4. The molecule has 2 heterocycles. The Labute approximate surface area is 174 Å². The summed E-state index contributed by atoms with van der Waals surface area (Å²) in [4.78, 5) is 16.9. The van der Waals surface area contributed by atoms with Gasteiger partial charge in [-0.25, -0.2) is 0 Å². The van der Waals surface area contributed by atoms with Crippen LogP contribution in [-0.4, -0.2) is 50.1 Å². The summed E-state index contributed by atoms with van der Waals surface area (Å²) in [5.74, 6) is 1.50. The molecule has 1 unspecified atom stereocenters. The maximum Gasteiger partial charge on any atom is 0.222 e. The zero-order chi connectivity index (χ0) is 16.9. The molecular formula is C19H30Cl3N3O. The summed E-state index contributed by atoms with van der Waals surface area (Å²) in [5, 5.41) is 4.19. The van der Waals surface area contributed by atoms with E-state index in [1.807, 2.05) is 23.1 Å². The normalized spacial score (nSPS) is 19.3. The van der Waals surface area contributed by atoms with E-state index in [4.69, 9.17) is 11.6 Å². The molecule has 2 fully saturated rings. The van der Waals surface area contributed by atoms with Crippen LogP contribution < -0.4 is 10.2 Å². The van der Waals surface area contributed by atoms with E-state index in [1.165, 1.54) is 12.8 Å². The van der Waals surface area contributed by atoms with Crippen molar-refractivity contribution >= 4 is 48.0 Å². The van der Waals surface area contributed by atoms with Crippen LogP contribution in [-0.2, 0) is 4.79 Å². The van der Waals surface area contributed by atoms with Gasteiger partial charge in [-0.05, 0) is 49.9 Å². The number of anilines is 1. The lowest BCUT2D eigenvalue weighted by Gasteiger charge is -2.37. The third-order valence-electron chi connectivity index (χ3n) is 5.51. The molecule has 0 aliphatic carbocycles. The fourth-order valence-electron chi connectivity index (χ4n) is 3.89. The number of carbonyl (C=O) groups excluding carboxylic acids is 1. The molecule has 1 aromatic carbocycles. The third-order valence-corrected chi connectivity index (χ3v) is 5.83. The summed E-state index contributed by atoms with van der Waals surface area (Å²) in [5.41, 5.74) is 1.08. The topological polar surface area (TPSA) is 35.6 Å². The second-order valence-corrected chi connectivity index (χ2v) is 7.50. The highest BCUT2D eigenvalue weighted by atomic mass is 35.5. The average molecular weight is 423 g/mol. The largest absolute Gasteiger partial charge is 0.367 e. The highest BCUT2D eigenvalue weighted by Gasteiger charge is 2.26. The Bertz CT molecular complexity index is 559. The molecule has 148 valence electrons. The zero-order valence-electron chi connectivity index (χ0n) is 15.3. The van der Waals surface area contributed by atoms with Crippen molar-refractivity contribution in [3.63, 3.8) is 0 Å². The zero-order valence-corrected chi connectivity index (χ0v) is 17.7. The fourth-order valence-corrected chi connectivity index (χ4v) is 4.14. The monoisotopic (exact) mass is 421 g/mol. The Morgan fingerprint density at radius 2 is 1.77 bits per heavy atom.